The molecule has 8 heteroatoms. The van der Waals surface area contributed by atoms with E-state index in [9.17, 15) is 13.2 Å². The third-order valence-electron chi connectivity index (χ3n) is 2.83. The minimum atomic E-state index is -3.84. The average Bonchev–Trinajstić information content (AvgIpc) is 2.53. The Morgan fingerprint density at radius 3 is 2.39 bits per heavy atom. The minimum absolute atomic E-state index is 0.0415. The molecular formula is C15H16N4O3S. The summed E-state index contributed by atoms with van der Waals surface area (Å²) in [5.41, 5.74) is 0.516. The molecule has 0 fully saturated rings. The number of rotatable bonds is 6. The number of anilines is 2. The number of hydrogen-bond acceptors (Lipinski definition) is 5. The first-order valence-electron chi connectivity index (χ1n) is 6.73. The molecule has 120 valence electrons. The molecule has 0 saturated carbocycles. The second-order valence-electron chi connectivity index (χ2n) is 4.58. The SMILES string of the molecule is C=CCN(c1ncccn1)S(=O)(=O)c1ccc(NC(C)=O)cc1. The predicted molar refractivity (Wildman–Crippen MR) is 87.5 cm³/mol. The Morgan fingerprint density at radius 1 is 1.26 bits per heavy atom. The molecule has 2 rings (SSSR count). The van der Waals surface area contributed by atoms with Gasteiger partial charge in [-0.05, 0) is 30.3 Å². The Bertz CT molecular complexity index is 789. The van der Waals surface area contributed by atoms with Crippen LogP contribution in [0.15, 0.2) is 60.3 Å². The van der Waals surface area contributed by atoms with Crippen LogP contribution in [0.5, 0.6) is 0 Å². The minimum Gasteiger partial charge on any atom is -0.326 e. The summed E-state index contributed by atoms with van der Waals surface area (Å²) in [5.74, 6) is -0.162. The Balaban J connectivity index is 2.38. The lowest BCUT2D eigenvalue weighted by atomic mass is 10.3. The maximum Gasteiger partial charge on any atom is 0.266 e. The fraction of sp³-hybridized carbons (Fsp3) is 0.133. The molecule has 1 aromatic heterocycles. The molecule has 0 aliphatic rings. The maximum atomic E-state index is 12.8. The lowest BCUT2D eigenvalue weighted by Gasteiger charge is -2.20. The molecule has 1 amide bonds. The van der Waals surface area contributed by atoms with E-state index >= 15 is 0 Å². The highest BCUT2D eigenvalue weighted by molar-refractivity contribution is 7.92. The van der Waals surface area contributed by atoms with Crippen molar-refractivity contribution in [1.82, 2.24) is 9.97 Å². The number of amides is 1. The van der Waals surface area contributed by atoms with Gasteiger partial charge in [0.1, 0.15) is 0 Å². The largest absolute Gasteiger partial charge is 0.326 e. The summed E-state index contributed by atoms with van der Waals surface area (Å²) in [7, 11) is -3.84. The summed E-state index contributed by atoms with van der Waals surface area (Å²) in [6.45, 7) is 4.99. The highest BCUT2D eigenvalue weighted by atomic mass is 32.2. The second kappa shape index (κ2) is 7.01. The van der Waals surface area contributed by atoms with Gasteiger partial charge in [-0.1, -0.05) is 6.08 Å². The number of nitrogens with one attached hydrogen (secondary N) is 1. The smallest absolute Gasteiger partial charge is 0.266 e. The molecule has 0 saturated heterocycles. The van der Waals surface area contributed by atoms with Crippen molar-refractivity contribution < 1.29 is 13.2 Å². The van der Waals surface area contributed by atoms with Crippen LogP contribution in [0.4, 0.5) is 11.6 Å². The molecule has 1 aromatic carbocycles. The molecule has 0 bridgehead atoms. The molecule has 7 nitrogen and oxygen atoms in total. The number of carbonyl (C=O) groups is 1. The molecule has 0 unspecified atom stereocenters. The van der Waals surface area contributed by atoms with E-state index in [0.717, 1.165) is 4.31 Å². The fourth-order valence-electron chi connectivity index (χ4n) is 1.87. The topological polar surface area (TPSA) is 92.3 Å². The summed E-state index contributed by atoms with van der Waals surface area (Å²) < 4.78 is 26.6. The Morgan fingerprint density at radius 2 is 1.87 bits per heavy atom. The van der Waals surface area contributed by atoms with Crippen molar-refractivity contribution >= 4 is 27.6 Å². The maximum absolute atomic E-state index is 12.8. The first-order valence-corrected chi connectivity index (χ1v) is 8.17. The van der Waals surface area contributed by atoms with Gasteiger partial charge in [0.05, 0.1) is 11.4 Å². The summed E-state index contributed by atoms with van der Waals surface area (Å²) in [6.07, 6.45) is 4.39. The molecule has 1 N–H and O–H groups in total. The number of carbonyl (C=O) groups excluding carboxylic acids is 1. The van der Waals surface area contributed by atoms with Gasteiger partial charge in [0, 0.05) is 25.0 Å². The van der Waals surface area contributed by atoms with Crippen LogP contribution in [0.2, 0.25) is 0 Å². The predicted octanol–water partition coefficient (Wildman–Crippen LogP) is 1.82. The standard InChI is InChI=1S/C15H16N4O3S/c1-3-11-19(15-16-9-4-10-17-15)23(21,22)14-7-5-13(6-8-14)18-12(2)20/h3-10H,1,11H2,2H3,(H,18,20). The van der Waals surface area contributed by atoms with Gasteiger partial charge in [-0.15, -0.1) is 6.58 Å². The fourth-order valence-corrected chi connectivity index (χ4v) is 3.21. The molecule has 23 heavy (non-hydrogen) atoms. The van der Waals surface area contributed by atoms with Crippen molar-refractivity contribution in [2.45, 2.75) is 11.8 Å². The highest BCUT2D eigenvalue weighted by Crippen LogP contribution is 2.21. The van der Waals surface area contributed by atoms with Crippen molar-refractivity contribution in [3.8, 4) is 0 Å². The molecule has 0 aliphatic carbocycles. The van der Waals surface area contributed by atoms with Crippen molar-refractivity contribution in [1.29, 1.82) is 0 Å². The zero-order valence-corrected chi connectivity index (χ0v) is 13.3. The van der Waals surface area contributed by atoms with Crippen LogP contribution in [0.25, 0.3) is 0 Å². The van der Waals surface area contributed by atoms with E-state index in [1.807, 2.05) is 0 Å². The van der Waals surface area contributed by atoms with E-state index in [-0.39, 0.29) is 23.3 Å². The Hall–Kier alpha value is -2.74. The summed E-state index contributed by atoms with van der Waals surface area (Å²) in [5, 5.41) is 2.58. The molecule has 0 aliphatic heterocycles. The number of benzene rings is 1. The molecule has 2 aromatic rings. The van der Waals surface area contributed by atoms with Gasteiger partial charge in [0.15, 0.2) is 0 Å². The van der Waals surface area contributed by atoms with Gasteiger partial charge >= 0.3 is 0 Å². The third-order valence-corrected chi connectivity index (χ3v) is 4.59. The van der Waals surface area contributed by atoms with Crippen LogP contribution in [0, 0.1) is 0 Å². The monoisotopic (exact) mass is 332 g/mol. The Kier molecular flexibility index (Phi) is 5.07. The Labute approximate surface area is 134 Å². The van der Waals surface area contributed by atoms with E-state index in [2.05, 4.69) is 21.9 Å². The van der Waals surface area contributed by atoms with Crippen molar-refractivity contribution in [2.24, 2.45) is 0 Å². The van der Waals surface area contributed by atoms with Crippen LogP contribution in [0.1, 0.15) is 6.92 Å². The lowest BCUT2D eigenvalue weighted by Crippen LogP contribution is -2.32. The van der Waals surface area contributed by atoms with E-state index in [0.29, 0.717) is 5.69 Å². The first kappa shape index (κ1) is 16.6. The van der Waals surface area contributed by atoms with Crippen LogP contribution in [0.3, 0.4) is 0 Å². The molecular weight excluding hydrogens is 316 g/mol. The lowest BCUT2D eigenvalue weighted by molar-refractivity contribution is -0.114. The molecule has 1 heterocycles. The zero-order valence-electron chi connectivity index (χ0n) is 12.5. The first-order chi connectivity index (χ1) is 10.9. The summed E-state index contributed by atoms with van der Waals surface area (Å²) in [6, 6.07) is 7.47. The van der Waals surface area contributed by atoms with E-state index in [1.165, 1.54) is 49.7 Å². The van der Waals surface area contributed by atoms with Crippen molar-refractivity contribution in [3.63, 3.8) is 0 Å². The van der Waals surface area contributed by atoms with Crippen LogP contribution in [-0.4, -0.2) is 30.8 Å². The van der Waals surface area contributed by atoms with E-state index in [1.54, 1.807) is 6.07 Å². The second-order valence-corrected chi connectivity index (χ2v) is 6.44. The van der Waals surface area contributed by atoms with Crippen molar-refractivity contribution in [2.75, 3.05) is 16.2 Å². The number of aromatic nitrogens is 2. The number of nitrogens with zero attached hydrogens (tertiary/aromatic N) is 3. The molecule has 0 atom stereocenters. The summed E-state index contributed by atoms with van der Waals surface area (Å²) >= 11 is 0. The summed E-state index contributed by atoms with van der Waals surface area (Å²) in [4.78, 5) is 19.0. The van der Waals surface area contributed by atoms with Crippen LogP contribution < -0.4 is 9.62 Å². The van der Waals surface area contributed by atoms with Gasteiger partial charge in [-0.3, -0.25) is 4.79 Å². The van der Waals surface area contributed by atoms with E-state index < -0.39 is 10.0 Å². The quantitative estimate of drug-likeness (QED) is 0.815. The van der Waals surface area contributed by atoms with Gasteiger partial charge in [-0.25, -0.2) is 22.7 Å². The van der Waals surface area contributed by atoms with Gasteiger partial charge in [0.25, 0.3) is 10.0 Å². The van der Waals surface area contributed by atoms with Crippen molar-refractivity contribution in [3.05, 3.63) is 55.4 Å². The number of sulfonamides is 1. The molecule has 0 spiro atoms. The normalized spacial score (nSPS) is 10.8. The van der Waals surface area contributed by atoms with E-state index in [4.69, 9.17) is 0 Å². The van der Waals surface area contributed by atoms with Crippen LogP contribution in [-0.2, 0) is 14.8 Å². The molecule has 0 radical (unpaired) electrons. The van der Waals surface area contributed by atoms with Gasteiger partial charge < -0.3 is 5.32 Å². The third kappa shape index (κ3) is 3.92. The van der Waals surface area contributed by atoms with Gasteiger partial charge in [0.2, 0.25) is 11.9 Å². The number of hydrogen-bond donors (Lipinski definition) is 1. The highest BCUT2D eigenvalue weighted by Gasteiger charge is 2.25. The zero-order chi connectivity index (χ0) is 16.9. The average molecular weight is 332 g/mol. The van der Waals surface area contributed by atoms with Gasteiger partial charge in [-0.2, -0.15) is 0 Å². The van der Waals surface area contributed by atoms with Crippen LogP contribution >= 0.6 is 0 Å².